The van der Waals surface area contributed by atoms with Crippen LogP contribution in [0.4, 0.5) is 0 Å². The standard InChI is InChI=1S/C30H35OSi.Li/c1-5-6-11-22-16-17-30(31,20-22)32(3,4)29-21(2)18-26-27(29)19-24-14-10-15-25(24)28(26)23-12-8-7-9-13-23;/h7-9,12-13,16-20,31H,5-6,10-11,14-15H2,1-4H3;/q-1;+1. The fraction of sp³-hybridized carbons (Fsp3) is 0.367. The van der Waals surface area contributed by atoms with E-state index in [4.69, 9.17) is 0 Å². The van der Waals surface area contributed by atoms with Crippen LogP contribution in [0, 0.1) is 6.92 Å². The van der Waals surface area contributed by atoms with Crippen LogP contribution in [0.3, 0.4) is 0 Å². The molecule has 0 bridgehead atoms. The molecule has 33 heavy (non-hydrogen) atoms. The minimum atomic E-state index is -2.27. The largest absolute Gasteiger partial charge is 1.00 e. The molecule has 1 unspecified atom stereocenters. The van der Waals surface area contributed by atoms with Gasteiger partial charge in [0.2, 0.25) is 0 Å². The van der Waals surface area contributed by atoms with Gasteiger partial charge in [-0.25, -0.2) is 0 Å². The molecule has 0 aliphatic heterocycles. The number of hydrogen-bond acceptors (Lipinski definition) is 1. The Morgan fingerprint density at radius 1 is 1.09 bits per heavy atom. The molecular weight excluding hydrogens is 411 g/mol. The minimum absolute atomic E-state index is 0. The van der Waals surface area contributed by atoms with Crippen LogP contribution in [0.1, 0.15) is 49.3 Å². The molecule has 1 nitrogen and oxygen atoms in total. The van der Waals surface area contributed by atoms with E-state index in [0.717, 1.165) is 6.42 Å². The topological polar surface area (TPSA) is 20.2 Å². The number of fused-ring (bicyclic) bond motifs is 2. The SMILES string of the molecule is CCCCC1=CC(O)([Si](C)(C)[c-]2c(C)cc3c(-c4ccccc4)c4c(cc32)CCC4)C=C1.[Li+]. The van der Waals surface area contributed by atoms with Crippen molar-refractivity contribution in [2.24, 2.45) is 0 Å². The van der Waals surface area contributed by atoms with Crippen molar-refractivity contribution >= 4 is 24.0 Å². The van der Waals surface area contributed by atoms with Crippen molar-refractivity contribution in [3.05, 3.63) is 83.0 Å². The van der Waals surface area contributed by atoms with E-state index < -0.39 is 13.3 Å². The van der Waals surface area contributed by atoms with Gasteiger partial charge in [0.05, 0.1) is 13.3 Å². The molecule has 3 aromatic rings. The normalized spacial score (nSPS) is 19.6. The summed E-state index contributed by atoms with van der Waals surface area (Å²) < 4.78 is 0. The summed E-state index contributed by atoms with van der Waals surface area (Å²) in [6.07, 6.45) is 13.5. The van der Waals surface area contributed by atoms with E-state index in [9.17, 15) is 5.11 Å². The number of aryl methyl sites for hydroxylation is 2. The van der Waals surface area contributed by atoms with E-state index in [1.54, 1.807) is 5.56 Å². The second-order valence-corrected chi connectivity index (χ2v) is 14.9. The van der Waals surface area contributed by atoms with Gasteiger partial charge in [0.25, 0.3) is 0 Å². The Balaban J connectivity index is 0.00000259. The van der Waals surface area contributed by atoms with Gasteiger partial charge < -0.3 is 5.11 Å². The van der Waals surface area contributed by atoms with Crippen molar-refractivity contribution in [2.45, 2.75) is 70.7 Å². The van der Waals surface area contributed by atoms with Gasteiger partial charge in [-0.15, -0.1) is 27.6 Å². The first kappa shape index (κ1) is 24.4. The van der Waals surface area contributed by atoms with E-state index in [0.29, 0.717) is 0 Å². The van der Waals surface area contributed by atoms with E-state index >= 15 is 0 Å². The number of aliphatic hydroxyl groups is 1. The van der Waals surface area contributed by atoms with Crippen LogP contribution in [-0.4, -0.2) is 18.4 Å². The van der Waals surface area contributed by atoms with Crippen LogP contribution >= 0.6 is 0 Å². The summed E-state index contributed by atoms with van der Waals surface area (Å²) in [5.74, 6) is 0. The Labute approximate surface area is 212 Å². The third kappa shape index (κ3) is 3.96. The predicted octanol–water partition coefficient (Wildman–Crippen LogP) is 3.90. The molecule has 1 N–H and O–H groups in total. The Hall–Kier alpha value is -1.70. The molecule has 0 radical (unpaired) electrons. The number of rotatable bonds is 6. The van der Waals surface area contributed by atoms with Crippen LogP contribution in [0.25, 0.3) is 21.9 Å². The minimum Gasteiger partial charge on any atom is -0.386 e. The number of hydrogen-bond donors (Lipinski definition) is 1. The zero-order chi connectivity index (χ0) is 22.5. The molecule has 3 aromatic carbocycles. The van der Waals surface area contributed by atoms with Gasteiger partial charge in [-0.05, 0) is 43.2 Å². The fourth-order valence-electron chi connectivity index (χ4n) is 6.12. The first-order chi connectivity index (χ1) is 15.4. The summed E-state index contributed by atoms with van der Waals surface area (Å²) in [4.78, 5) is 0. The first-order valence-electron chi connectivity index (χ1n) is 12.3. The maximum Gasteiger partial charge on any atom is 1.00 e. The molecular formula is C30H35LiOSi. The summed E-state index contributed by atoms with van der Waals surface area (Å²) in [6.45, 7) is 9.20. The summed E-state index contributed by atoms with van der Waals surface area (Å²) in [6, 6.07) is 15.8. The molecule has 0 saturated carbocycles. The molecule has 0 fully saturated rings. The molecule has 166 valence electrons. The van der Waals surface area contributed by atoms with Crippen molar-refractivity contribution in [1.29, 1.82) is 0 Å². The Kier molecular flexibility index (Phi) is 6.78. The number of benzene rings is 2. The average molecular weight is 447 g/mol. The molecule has 3 heteroatoms. The zero-order valence-corrected chi connectivity index (χ0v) is 22.0. The van der Waals surface area contributed by atoms with Crippen molar-refractivity contribution in [3.63, 3.8) is 0 Å². The van der Waals surface area contributed by atoms with Crippen LogP contribution in [-0.2, 0) is 12.8 Å². The van der Waals surface area contributed by atoms with Crippen molar-refractivity contribution in [1.82, 2.24) is 0 Å². The first-order valence-corrected chi connectivity index (χ1v) is 15.3. The Bertz CT molecular complexity index is 1230. The average Bonchev–Trinajstić information content (AvgIpc) is 3.48. The van der Waals surface area contributed by atoms with Gasteiger partial charge in [-0.2, -0.15) is 6.07 Å². The maximum atomic E-state index is 11.9. The molecule has 0 aromatic heterocycles. The van der Waals surface area contributed by atoms with Crippen molar-refractivity contribution < 1.29 is 24.0 Å². The molecule has 0 spiro atoms. The molecule has 2 aliphatic carbocycles. The summed E-state index contributed by atoms with van der Waals surface area (Å²) >= 11 is 0. The third-order valence-electron chi connectivity index (χ3n) is 7.93. The number of unbranched alkanes of at least 4 members (excludes halogenated alkanes) is 1. The van der Waals surface area contributed by atoms with Crippen molar-refractivity contribution in [3.8, 4) is 11.1 Å². The molecule has 2 aliphatic rings. The quantitative estimate of drug-likeness (QED) is 0.450. The van der Waals surface area contributed by atoms with Crippen LogP contribution in [0.5, 0.6) is 0 Å². The molecule has 1 atom stereocenters. The monoisotopic (exact) mass is 446 g/mol. The maximum absolute atomic E-state index is 11.9. The van der Waals surface area contributed by atoms with E-state index in [2.05, 4.69) is 87.6 Å². The molecule has 0 heterocycles. The van der Waals surface area contributed by atoms with Crippen LogP contribution < -0.4 is 24.0 Å². The van der Waals surface area contributed by atoms with Gasteiger partial charge in [0, 0.05) is 0 Å². The van der Waals surface area contributed by atoms with Gasteiger partial charge in [-0.1, -0.05) is 98.6 Å². The zero-order valence-electron chi connectivity index (χ0n) is 21.0. The second-order valence-electron chi connectivity index (χ2n) is 10.4. The van der Waals surface area contributed by atoms with Gasteiger partial charge >= 0.3 is 18.9 Å². The van der Waals surface area contributed by atoms with Crippen molar-refractivity contribution in [2.75, 3.05) is 0 Å². The predicted molar refractivity (Wildman–Crippen MR) is 141 cm³/mol. The van der Waals surface area contributed by atoms with Crippen LogP contribution in [0.15, 0.2) is 66.3 Å². The molecule has 5 rings (SSSR count). The smallest absolute Gasteiger partial charge is 0.386 e. The third-order valence-corrected chi connectivity index (χ3v) is 12.2. The van der Waals surface area contributed by atoms with Gasteiger partial charge in [-0.3, -0.25) is 0 Å². The summed E-state index contributed by atoms with van der Waals surface area (Å²) in [7, 11) is -2.27. The molecule has 0 saturated heterocycles. The van der Waals surface area contributed by atoms with E-state index in [1.807, 2.05) is 0 Å². The second kappa shape index (κ2) is 9.16. The van der Waals surface area contributed by atoms with Gasteiger partial charge in [0.1, 0.15) is 0 Å². The fourth-order valence-corrected chi connectivity index (χ4v) is 9.51. The number of allylic oxidation sites excluding steroid dienone is 2. The molecule has 0 amide bonds. The van der Waals surface area contributed by atoms with E-state index in [1.165, 1.54) is 75.9 Å². The Morgan fingerprint density at radius 3 is 2.58 bits per heavy atom. The summed E-state index contributed by atoms with van der Waals surface area (Å²) in [5, 5.41) is 15.3. The van der Waals surface area contributed by atoms with E-state index in [-0.39, 0.29) is 18.9 Å². The van der Waals surface area contributed by atoms with Gasteiger partial charge in [0.15, 0.2) is 0 Å². The Morgan fingerprint density at radius 2 is 1.85 bits per heavy atom. The van der Waals surface area contributed by atoms with Crippen LogP contribution in [0.2, 0.25) is 13.1 Å². The summed E-state index contributed by atoms with van der Waals surface area (Å²) in [5.41, 5.74) is 8.46.